The first kappa shape index (κ1) is 16.3. The summed E-state index contributed by atoms with van der Waals surface area (Å²) in [7, 11) is 0. The Morgan fingerprint density at radius 3 is 3.14 bits per heavy atom. The molecule has 0 radical (unpaired) electrons. The zero-order valence-electron chi connectivity index (χ0n) is 12.5. The zero-order valence-corrected chi connectivity index (χ0v) is 14.1. The van der Waals surface area contributed by atoms with Crippen molar-refractivity contribution in [3.8, 4) is 0 Å². The van der Waals surface area contributed by atoms with Crippen molar-refractivity contribution in [1.29, 1.82) is 0 Å². The van der Waals surface area contributed by atoms with Gasteiger partial charge in [-0.2, -0.15) is 0 Å². The molecule has 1 aromatic heterocycles. The van der Waals surface area contributed by atoms with Crippen LogP contribution in [-0.4, -0.2) is 67.2 Å². The molecule has 2 aliphatic rings. The molecule has 0 aliphatic carbocycles. The van der Waals surface area contributed by atoms with Gasteiger partial charge in [-0.05, 0) is 29.2 Å². The highest BCUT2D eigenvalue weighted by molar-refractivity contribution is 8.00. The second-order valence-corrected chi connectivity index (χ2v) is 7.83. The normalized spacial score (nSPS) is 23.8. The molecular weight excluding hydrogens is 320 g/mol. The highest BCUT2D eigenvalue weighted by atomic mass is 32.2. The number of fused-ring (bicyclic) bond motifs is 1. The fraction of sp³-hybridized carbons (Fsp3) is 0.667. The van der Waals surface area contributed by atoms with E-state index in [9.17, 15) is 9.90 Å². The lowest BCUT2D eigenvalue weighted by atomic mass is 10.1. The molecule has 1 amide bonds. The predicted octanol–water partition coefficient (Wildman–Crippen LogP) is 0.888. The molecule has 3 heterocycles. The molecule has 1 saturated heterocycles. The minimum absolute atomic E-state index is 0.0189. The number of nitrogens with one attached hydrogen (secondary N) is 1. The molecule has 122 valence electrons. The largest absolute Gasteiger partial charge is 0.390 e. The predicted molar refractivity (Wildman–Crippen MR) is 89.5 cm³/mol. The molecule has 2 aliphatic heterocycles. The summed E-state index contributed by atoms with van der Waals surface area (Å²) in [5.41, 5.74) is 1.15. The second-order valence-electron chi connectivity index (χ2n) is 5.61. The molecule has 1 aromatic rings. The summed E-state index contributed by atoms with van der Waals surface area (Å²) in [6.45, 7) is 4.04. The Labute approximate surface area is 139 Å². The Balaban J connectivity index is 1.46. The van der Waals surface area contributed by atoms with Crippen LogP contribution in [0.1, 0.15) is 15.7 Å². The number of nitrogens with zero attached hydrogens (tertiary/aromatic N) is 1. The van der Waals surface area contributed by atoms with E-state index >= 15 is 0 Å². The Morgan fingerprint density at radius 1 is 1.50 bits per heavy atom. The van der Waals surface area contributed by atoms with E-state index in [4.69, 9.17) is 4.74 Å². The van der Waals surface area contributed by atoms with Crippen molar-refractivity contribution >= 4 is 29.0 Å². The molecular formula is C15H22N2O3S2. The van der Waals surface area contributed by atoms with Crippen LogP contribution in [-0.2, 0) is 16.0 Å². The number of hydrogen-bond acceptors (Lipinski definition) is 6. The highest BCUT2D eigenvalue weighted by Crippen LogP contribution is 2.39. The van der Waals surface area contributed by atoms with E-state index in [1.165, 1.54) is 4.88 Å². The third-order valence-corrected chi connectivity index (χ3v) is 6.24. The quantitative estimate of drug-likeness (QED) is 0.832. The van der Waals surface area contributed by atoms with Crippen LogP contribution in [0.25, 0.3) is 0 Å². The minimum atomic E-state index is -0.530. The SMILES string of the molecule is O=C(NCC(O)CN1CCOCC1)C1SCCc2sccc21. The number of amides is 1. The topological polar surface area (TPSA) is 61.8 Å². The molecule has 0 saturated carbocycles. The van der Waals surface area contributed by atoms with Gasteiger partial charge in [-0.3, -0.25) is 9.69 Å². The third-order valence-electron chi connectivity index (χ3n) is 4.00. The van der Waals surface area contributed by atoms with Crippen molar-refractivity contribution in [2.24, 2.45) is 0 Å². The van der Waals surface area contributed by atoms with Crippen molar-refractivity contribution in [1.82, 2.24) is 10.2 Å². The van der Waals surface area contributed by atoms with Gasteiger partial charge in [-0.15, -0.1) is 23.1 Å². The molecule has 2 atom stereocenters. The Bertz CT molecular complexity index is 503. The van der Waals surface area contributed by atoms with Gasteiger partial charge < -0.3 is 15.2 Å². The number of morpholine rings is 1. The number of carbonyl (C=O) groups excluding carboxylic acids is 1. The van der Waals surface area contributed by atoms with Gasteiger partial charge >= 0.3 is 0 Å². The van der Waals surface area contributed by atoms with Crippen LogP contribution in [0.4, 0.5) is 0 Å². The van der Waals surface area contributed by atoms with Crippen molar-refractivity contribution < 1.29 is 14.6 Å². The maximum Gasteiger partial charge on any atom is 0.237 e. The standard InChI is InChI=1S/C15H22N2O3S2/c18-11(10-17-3-5-20-6-4-17)9-16-15(19)14-12-1-7-21-13(12)2-8-22-14/h1,7,11,14,18H,2-6,8-10H2,(H,16,19). The fourth-order valence-corrected chi connectivity index (χ4v) is 5.14. The summed E-state index contributed by atoms with van der Waals surface area (Å²) in [4.78, 5) is 15.9. The van der Waals surface area contributed by atoms with E-state index in [1.54, 1.807) is 23.1 Å². The number of thioether (sulfide) groups is 1. The Morgan fingerprint density at radius 2 is 2.32 bits per heavy atom. The number of aryl methyl sites for hydroxylation is 1. The first-order valence-corrected chi connectivity index (χ1v) is 9.60. The maximum atomic E-state index is 12.4. The third kappa shape index (κ3) is 4.02. The van der Waals surface area contributed by atoms with Gasteiger partial charge in [0.1, 0.15) is 5.25 Å². The highest BCUT2D eigenvalue weighted by Gasteiger charge is 2.28. The van der Waals surface area contributed by atoms with Crippen LogP contribution in [0, 0.1) is 0 Å². The van der Waals surface area contributed by atoms with Gasteiger partial charge in [0, 0.05) is 31.1 Å². The number of carbonyl (C=O) groups is 1. The van der Waals surface area contributed by atoms with Crippen molar-refractivity contribution in [3.05, 3.63) is 21.9 Å². The van der Waals surface area contributed by atoms with Gasteiger partial charge in [0.15, 0.2) is 0 Å². The van der Waals surface area contributed by atoms with Crippen molar-refractivity contribution in [2.75, 3.05) is 45.1 Å². The van der Waals surface area contributed by atoms with Crippen molar-refractivity contribution in [2.45, 2.75) is 17.8 Å². The van der Waals surface area contributed by atoms with Gasteiger partial charge in [0.25, 0.3) is 0 Å². The zero-order chi connectivity index (χ0) is 15.4. The lowest BCUT2D eigenvalue weighted by Crippen LogP contribution is -2.45. The smallest absolute Gasteiger partial charge is 0.237 e. The number of rotatable bonds is 5. The van der Waals surface area contributed by atoms with Crippen molar-refractivity contribution in [3.63, 3.8) is 0 Å². The van der Waals surface area contributed by atoms with Gasteiger partial charge in [-0.1, -0.05) is 0 Å². The number of aliphatic hydroxyl groups is 1. The van der Waals surface area contributed by atoms with Crippen LogP contribution in [0.5, 0.6) is 0 Å². The molecule has 2 unspecified atom stereocenters. The maximum absolute atomic E-state index is 12.4. The molecule has 7 heteroatoms. The van der Waals surface area contributed by atoms with Crippen LogP contribution in [0.15, 0.2) is 11.4 Å². The average molecular weight is 342 g/mol. The van der Waals surface area contributed by atoms with E-state index in [0.29, 0.717) is 13.1 Å². The fourth-order valence-electron chi connectivity index (χ4n) is 2.82. The number of ether oxygens (including phenoxy) is 1. The minimum Gasteiger partial charge on any atom is -0.390 e. The first-order valence-electron chi connectivity index (χ1n) is 7.68. The second kappa shape index (κ2) is 7.79. The summed E-state index contributed by atoms with van der Waals surface area (Å²) in [5.74, 6) is 1.01. The molecule has 0 spiro atoms. The molecule has 0 aromatic carbocycles. The summed E-state index contributed by atoms with van der Waals surface area (Å²) in [5, 5.41) is 15.0. The van der Waals surface area contributed by atoms with E-state index in [0.717, 1.165) is 44.0 Å². The number of thiophene rings is 1. The van der Waals surface area contributed by atoms with E-state index < -0.39 is 6.10 Å². The molecule has 2 N–H and O–H groups in total. The molecule has 3 rings (SSSR count). The molecule has 0 bridgehead atoms. The average Bonchev–Trinajstić information content (AvgIpc) is 3.02. The Kier molecular flexibility index (Phi) is 5.76. The van der Waals surface area contributed by atoms with Crippen LogP contribution in [0.2, 0.25) is 0 Å². The van der Waals surface area contributed by atoms with Gasteiger partial charge in [0.05, 0.1) is 19.3 Å². The van der Waals surface area contributed by atoms with E-state index in [2.05, 4.69) is 21.7 Å². The Hall–Kier alpha value is -0.600. The van der Waals surface area contributed by atoms with E-state index in [1.807, 2.05) is 0 Å². The van der Waals surface area contributed by atoms with E-state index in [-0.39, 0.29) is 11.2 Å². The van der Waals surface area contributed by atoms with Gasteiger partial charge in [-0.25, -0.2) is 0 Å². The van der Waals surface area contributed by atoms with Gasteiger partial charge in [0.2, 0.25) is 5.91 Å². The van der Waals surface area contributed by atoms with Crippen LogP contribution in [0.3, 0.4) is 0 Å². The molecule has 1 fully saturated rings. The summed E-state index contributed by atoms with van der Waals surface area (Å²) in [6.07, 6.45) is 0.527. The monoisotopic (exact) mass is 342 g/mol. The lowest BCUT2D eigenvalue weighted by Gasteiger charge is -2.29. The number of β-amino-alcohol motifs (C(OH)–C–C–N with tert-alkyl or cyclic N) is 1. The molecule has 22 heavy (non-hydrogen) atoms. The van der Waals surface area contributed by atoms with Crippen LogP contribution >= 0.6 is 23.1 Å². The number of aliphatic hydroxyl groups excluding tert-OH is 1. The number of hydrogen-bond donors (Lipinski definition) is 2. The first-order chi connectivity index (χ1) is 10.7. The summed E-state index contributed by atoms with van der Waals surface area (Å²) < 4.78 is 5.29. The molecule has 5 nitrogen and oxygen atoms in total. The van der Waals surface area contributed by atoms with Crippen LogP contribution < -0.4 is 5.32 Å². The summed E-state index contributed by atoms with van der Waals surface area (Å²) >= 11 is 3.42. The lowest BCUT2D eigenvalue weighted by molar-refractivity contribution is -0.121. The summed E-state index contributed by atoms with van der Waals surface area (Å²) in [6, 6.07) is 2.06.